The maximum Gasteiger partial charge on any atom is 0.136 e. The molecule has 10 aromatic carbocycles. The zero-order valence-electron chi connectivity index (χ0n) is 37.9. The SMILES string of the molecule is CC1(C)c2cc(-c3ccccc3)ccc2-c2ccc(C(CCc3ccc(-c4ccc(-c5ccc6c(c5)oc5ccccc56)cc4)cc3)c3ccc(-c4cccc(-c5ccccc5)c4)cc3)cc21. The maximum atomic E-state index is 6.20. The molecule has 0 fully saturated rings. The second-order valence-electron chi connectivity index (χ2n) is 18.8. The molecule has 1 heterocycles. The smallest absolute Gasteiger partial charge is 0.136 e. The Morgan fingerprint density at radius 2 is 0.791 bits per heavy atom. The van der Waals surface area contributed by atoms with E-state index < -0.39 is 0 Å². The summed E-state index contributed by atoms with van der Waals surface area (Å²) in [5.74, 6) is 0.223. The molecule has 1 heteroatoms. The van der Waals surface area contributed by atoms with Crippen LogP contribution in [0.2, 0.25) is 0 Å². The highest BCUT2D eigenvalue weighted by atomic mass is 16.3. The Morgan fingerprint density at radius 3 is 1.46 bits per heavy atom. The molecular weight excluding hydrogens is 809 g/mol. The lowest BCUT2D eigenvalue weighted by Crippen LogP contribution is -2.16. The van der Waals surface area contributed by atoms with Gasteiger partial charge in [-0.2, -0.15) is 0 Å². The lowest BCUT2D eigenvalue weighted by Gasteiger charge is -2.25. The number of rotatable bonds is 10. The summed E-state index contributed by atoms with van der Waals surface area (Å²) in [6, 6.07) is 87.0. The zero-order valence-corrected chi connectivity index (χ0v) is 37.9. The molecule has 0 saturated heterocycles. The number of hydrogen-bond acceptors (Lipinski definition) is 1. The number of benzene rings is 10. The van der Waals surface area contributed by atoms with Gasteiger partial charge in [0, 0.05) is 22.1 Å². The summed E-state index contributed by atoms with van der Waals surface area (Å²) in [6.07, 6.45) is 1.97. The highest BCUT2D eigenvalue weighted by molar-refractivity contribution is 6.05. The predicted octanol–water partition coefficient (Wildman–Crippen LogP) is 18.0. The van der Waals surface area contributed by atoms with Gasteiger partial charge in [0.15, 0.2) is 0 Å². The molecule has 11 aromatic rings. The van der Waals surface area contributed by atoms with Gasteiger partial charge in [-0.15, -0.1) is 0 Å². The van der Waals surface area contributed by atoms with Crippen molar-refractivity contribution >= 4 is 21.9 Å². The molecule has 0 amide bonds. The van der Waals surface area contributed by atoms with E-state index in [2.05, 4.69) is 238 Å². The Bertz CT molecular complexity index is 3560. The van der Waals surface area contributed by atoms with Crippen molar-refractivity contribution in [3.05, 3.63) is 264 Å². The number of furan rings is 1. The average Bonchev–Trinajstić information content (AvgIpc) is 3.88. The Kier molecular flexibility index (Phi) is 10.1. The fraction of sp³-hybridized carbons (Fsp3) is 0.0909. The van der Waals surface area contributed by atoms with E-state index in [0.29, 0.717) is 0 Å². The molecule has 0 aliphatic heterocycles. The van der Waals surface area contributed by atoms with Crippen molar-refractivity contribution < 1.29 is 4.42 Å². The van der Waals surface area contributed by atoms with E-state index >= 15 is 0 Å². The molecule has 0 N–H and O–H groups in total. The summed E-state index contributed by atoms with van der Waals surface area (Å²) in [4.78, 5) is 0. The third-order valence-corrected chi connectivity index (χ3v) is 14.4. The number of fused-ring (bicyclic) bond motifs is 6. The van der Waals surface area contributed by atoms with Gasteiger partial charge in [-0.25, -0.2) is 0 Å². The van der Waals surface area contributed by atoms with Gasteiger partial charge in [-0.1, -0.05) is 220 Å². The quantitative estimate of drug-likeness (QED) is 0.134. The van der Waals surface area contributed by atoms with E-state index in [1.807, 2.05) is 12.1 Å². The molecule has 1 aliphatic carbocycles. The van der Waals surface area contributed by atoms with Gasteiger partial charge in [0.1, 0.15) is 11.2 Å². The van der Waals surface area contributed by atoms with Crippen LogP contribution in [0.4, 0.5) is 0 Å². The Hall–Kier alpha value is -8.00. The minimum Gasteiger partial charge on any atom is -0.456 e. The molecule has 1 nitrogen and oxygen atoms in total. The van der Waals surface area contributed by atoms with Crippen LogP contribution in [0.1, 0.15) is 54.0 Å². The largest absolute Gasteiger partial charge is 0.456 e. The molecule has 1 unspecified atom stereocenters. The fourth-order valence-corrected chi connectivity index (χ4v) is 10.7. The van der Waals surface area contributed by atoms with Crippen LogP contribution in [0.25, 0.3) is 88.7 Å². The molecule has 0 saturated carbocycles. The van der Waals surface area contributed by atoms with E-state index in [0.717, 1.165) is 40.3 Å². The van der Waals surface area contributed by atoms with Crippen molar-refractivity contribution in [1.82, 2.24) is 0 Å². The van der Waals surface area contributed by atoms with Crippen molar-refractivity contribution in [2.75, 3.05) is 0 Å². The summed E-state index contributed by atoms with van der Waals surface area (Å²) in [5, 5.41) is 2.31. The molecule has 0 spiro atoms. The fourth-order valence-electron chi connectivity index (χ4n) is 10.7. The molecule has 67 heavy (non-hydrogen) atoms. The highest BCUT2D eigenvalue weighted by Gasteiger charge is 2.36. The normalized spacial score (nSPS) is 13.1. The van der Waals surface area contributed by atoms with E-state index in [1.54, 1.807) is 0 Å². The van der Waals surface area contributed by atoms with Crippen molar-refractivity contribution in [3.63, 3.8) is 0 Å². The van der Waals surface area contributed by atoms with Crippen LogP contribution in [0, 0.1) is 0 Å². The summed E-state index contributed by atoms with van der Waals surface area (Å²) < 4.78 is 6.20. The Morgan fingerprint density at radius 1 is 0.343 bits per heavy atom. The van der Waals surface area contributed by atoms with Crippen molar-refractivity contribution in [2.24, 2.45) is 0 Å². The predicted molar refractivity (Wildman–Crippen MR) is 282 cm³/mol. The Balaban J connectivity index is 0.825. The van der Waals surface area contributed by atoms with Gasteiger partial charge in [-0.05, 0) is 138 Å². The van der Waals surface area contributed by atoms with Gasteiger partial charge in [0.05, 0.1) is 0 Å². The van der Waals surface area contributed by atoms with Crippen LogP contribution in [-0.4, -0.2) is 0 Å². The first-order chi connectivity index (χ1) is 32.9. The first-order valence-electron chi connectivity index (χ1n) is 23.6. The third-order valence-electron chi connectivity index (χ3n) is 14.4. The molecule has 0 bridgehead atoms. The number of para-hydroxylation sites is 1. The van der Waals surface area contributed by atoms with Crippen molar-refractivity contribution in [2.45, 2.75) is 38.0 Å². The summed E-state index contributed by atoms with van der Waals surface area (Å²) >= 11 is 0. The van der Waals surface area contributed by atoms with E-state index in [9.17, 15) is 0 Å². The lowest BCUT2D eigenvalue weighted by molar-refractivity contribution is 0.654. The third kappa shape index (κ3) is 7.57. The van der Waals surface area contributed by atoms with Crippen molar-refractivity contribution in [1.29, 1.82) is 0 Å². The molecule has 1 aliphatic rings. The molecule has 1 atom stereocenters. The van der Waals surface area contributed by atoms with Gasteiger partial charge in [0.25, 0.3) is 0 Å². The minimum absolute atomic E-state index is 0.125. The van der Waals surface area contributed by atoms with Gasteiger partial charge < -0.3 is 4.42 Å². The molecule has 0 radical (unpaired) electrons. The zero-order chi connectivity index (χ0) is 44.9. The monoisotopic (exact) mass is 858 g/mol. The van der Waals surface area contributed by atoms with E-state index in [1.165, 1.54) is 89.0 Å². The minimum atomic E-state index is -0.125. The van der Waals surface area contributed by atoms with Crippen LogP contribution in [-0.2, 0) is 11.8 Å². The van der Waals surface area contributed by atoms with Crippen LogP contribution in [0.5, 0.6) is 0 Å². The standard InChI is InChI=1S/C66H50O/c1-66(2)62-41-54(46-14-7-4-8-15-46)33-37-58(62)59-38-35-56(42-63(59)66)57(51-31-29-49(30-32-51)53-17-11-16-52(40-53)45-12-5-3-6-13-45)36-22-44-20-23-47(24-21-44)48-25-27-50(28-26-48)55-34-39-61-60-18-9-10-19-64(60)67-65(61)43-55/h3-21,23-35,37-43,57H,22,36H2,1-2H3. The van der Waals surface area contributed by atoms with E-state index in [4.69, 9.17) is 4.42 Å². The average molecular weight is 859 g/mol. The second kappa shape index (κ2) is 16.8. The van der Waals surface area contributed by atoms with Crippen molar-refractivity contribution in [3.8, 4) is 66.8 Å². The molecule has 1 aromatic heterocycles. The topological polar surface area (TPSA) is 13.1 Å². The molecule has 320 valence electrons. The van der Waals surface area contributed by atoms with Crippen LogP contribution in [0.15, 0.2) is 241 Å². The lowest BCUT2D eigenvalue weighted by atomic mass is 9.79. The summed E-state index contributed by atoms with van der Waals surface area (Å²) in [7, 11) is 0. The van der Waals surface area contributed by atoms with Crippen LogP contribution >= 0.6 is 0 Å². The number of hydrogen-bond donors (Lipinski definition) is 0. The molecular formula is C66H50O. The van der Waals surface area contributed by atoms with Crippen LogP contribution in [0.3, 0.4) is 0 Å². The first-order valence-corrected chi connectivity index (χ1v) is 23.6. The summed E-state index contributed by atoms with van der Waals surface area (Å²) in [6.45, 7) is 4.81. The highest BCUT2D eigenvalue weighted by Crippen LogP contribution is 2.51. The first kappa shape index (κ1) is 40.5. The van der Waals surface area contributed by atoms with Gasteiger partial charge >= 0.3 is 0 Å². The van der Waals surface area contributed by atoms with Gasteiger partial charge in [-0.3, -0.25) is 0 Å². The van der Waals surface area contributed by atoms with E-state index in [-0.39, 0.29) is 11.3 Å². The van der Waals surface area contributed by atoms with Gasteiger partial charge in [0.2, 0.25) is 0 Å². The molecule has 12 rings (SSSR count). The second-order valence-corrected chi connectivity index (χ2v) is 18.8. The summed E-state index contributed by atoms with van der Waals surface area (Å²) in [5.41, 5.74) is 23.5. The Labute approximate surface area is 393 Å². The maximum absolute atomic E-state index is 6.20. The number of aryl methyl sites for hydroxylation is 1. The van der Waals surface area contributed by atoms with Crippen LogP contribution < -0.4 is 0 Å².